The first kappa shape index (κ1) is 22.7. The molecule has 0 saturated heterocycles. The van der Waals surface area contributed by atoms with Gasteiger partial charge >= 0.3 is 5.97 Å². The molecule has 1 amide bonds. The highest BCUT2D eigenvalue weighted by atomic mass is 32.2. The summed E-state index contributed by atoms with van der Waals surface area (Å²) >= 11 is 2.95. The average molecular weight is 447 g/mol. The van der Waals surface area contributed by atoms with E-state index in [4.69, 9.17) is 10.5 Å². The van der Waals surface area contributed by atoms with Gasteiger partial charge in [-0.2, -0.15) is 0 Å². The predicted molar refractivity (Wildman–Crippen MR) is 125 cm³/mol. The number of ether oxygens (including phenoxy) is 1. The summed E-state index contributed by atoms with van der Waals surface area (Å²) in [6, 6.07) is 7.46. The van der Waals surface area contributed by atoms with Crippen molar-refractivity contribution >= 4 is 45.7 Å². The van der Waals surface area contributed by atoms with Crippen LogP contribution < -0.4 is 11.1 Å². The second-order valence-corrected chi connectivity index (χ2v) is 10.8. The lowest BCUT2D eigenvalue weighted by atomic mass is 9.72. The molecular formula is C23H30N2O3S2. The summed E-state index contributed by atoms with van der Waals surface area (Å²) < 4.78 is 5.31. The van der Waals surface area contributed by atoms with Crippen LogP contribution in [0.1, 0.15) is 54.9 Å². The number of thioether (sulfide) groups is 1. The lowest BCUT2D eigenvalue weighted by Crippen LogP contribution is -2.26. The highest BCUT2D eigenvalue weighted by Crippen LogP contribution is 2.44. The minimum Gasteiger partial charge on any atom is -0.462 e. The van der Waals surface area contributed by atoms with E-state index in [-0.39, 0.29) is 23.0 Å². The third-order valence-corrected chi connectivity index (χ3v) is 7.61. The number of hydrogen-bond acceptors (Lipinski definition) is 6. The summed E-state index contributed by atoms with van der Waals surface area (Å²) in [5.74, 6) is 0.321. The van der Waals surface area contributed by atoms with Crippen molar-refractivity contribution in [3.63, 3.8) is 0 Å². The molecule has 3 N–H and O–H groups in total. The summed E-state index contributed by atoms with van der Waals surface area (Å²) in [5, 5.41) is 3.59. The number of nitrogens with two attached hydrogens (primary N) is 1. The van der Waals surface area contributed by atoms with E-state index in [1.54, 1.807) is 6.92 Å². The number of nitrogens with one attached hydrogen (secondary N) is 1. The smallest absolute Gasteiger partial charge is 0.341 e. The third kappa shape index (κ3) is 5.38. The molecule has 162 valence electrons. The zero-order chi connectivity index (χ0) is 21.9. The number of anilines is 2. The number of carbonyl (C=O) groups excluding carboxylic acids is 2. The van der Waals surface area contributed by atoms with Crippen LogP contribution in [0.15, 0.2) is 29.2 Å². The average Bonchev–Trinajstić information content (AvgIpc) is 3.03. The Balaban J connectivity index is 1.78. The first-order valence-corrected chi connectivity index (χ1v) is 12.1. The fourth-order valence-electron chi connectivity index (χ4n) is 3.75. The largest absolute Gasteiger partial charge is 0.462 e. The molecular weight excluding hydrogens is 416 g/mol. The van der Waals surface area contributed by atoms with Gasteiger partial charge in [-0.1, -0.05) is 26.8 Å². The van der Waals surface area contributed by atoms with E-state index in [9.17, 15) is 9.59 Å². The number of benzene rings is 1. The maximum Gasteiger partial charge on any atom is 0.341 e. The number of thiophene rings is 1. The molecule has 1 atom stereocenters. The minimum atomic E-state index is -0.344. The number of carbonyl (C=O) groups is 2. The van der Waals surface area contributed by atoms with Crippen LogP contribution in [-0.2, 0) is 22.4 Å². The Morgan fingerprint density at radius 2 is 2.10 bits per heavy atom. The van der Waals surface area contributed by atoms with E-state index >= 15 is 0 Å². The molecule has 0 fully saturated rings. The molecule has 3 rings (SSSR count). The zero-order valence-electron chi connectivity index (χ0n) is 18.0. The summed E-state index contributed by atoms with van der Waals surface area (Å²) in [6.45, 7) is 8.90. The highest BCUT2D eigenvalue weighted by Gasteiger charge is 2.34. The van der Waals surface area contributed by atoms with Crippen LogP contribution >= 0.6 is 23.1 Å². The molecule has 1 heterocycles. The number of nitrogen functional groups attached to an aromatic ring is 1. The molecule has 0 spiro atoms. The number of esters is 1. The van der Waals surface area contributed by atoms with Gasteiger partial charge in [-0.05, 0) is 61.3 Å². The third-order valence-electron chi connectivity index (χ3n) is 5.45. The molecule has 1 aromatic heterocycles. The van der Waals surface area contributed by atoms with Crippen LogP contribution in [0.2, 0.25) is 0 Å². The first-order chi connectivity index (χ1) is 14.2. The molecule has 1 aromatic carbocycles. The minimum absolute atomic E-state index is 0.140. The van der Waals surface area contributed by atoms with E-state index in [1.165, 1.54) is 28.0 Å². The maximum absolute atomic E-state index is 12.7. The van der Waals surface area contributed by atoms with Crippen molar-refractivity contribution in [2.75, 3.05) is 23.4 Å². The van der Waals surface area contributed by atoms with Crippen molar-refractivity contribution in [1.82, 2.24) is 0 Å². The fourth-order valence-corrected chi connectivity index (χ4v) is 5.84. The number of rotatable bonds is 6. The standard InChI is InChI=1S/C23H30N2O3S2/c1-5-28-22(27)20-17-10-9-14(23(2,3)4)11-18(17)30-21(20)25-19(26)13-29-16-8-6-7-15(24)12-16/h6-8,12,14H,5,9-11,13,24H2,1-4H3,(H,25,26). The Labute approximate surface area is 186 Å². The van der Waals surface area contributed by atoms with Gasteiger partial charge in [0.25, 0.3) is 0 Å². The molecule has 0 aliphatic heterocycles. The maximum atomic E-state index is 12.7. The molecule has 1 aliphatic rings. The van der Waals surface area contributed by atoms with E-state index in [1.807, 2.05) is 24.3 Å². The summed E-state index contributed by atoms with van der Waals surface area (Å²) in [6.07, 6.45) is 2.82. The monoisotopic (exact) mass is 446 g/mol. The van der Waals surface area contributed by atoms with Crippen LogP contribution in [0.5, 0.6) is 0 Å². The number of fused-ring (bicyclic) bond motifs is 1. The zero-order valence-corrected chi connectivity index (χ0v) is 19.7. The summed E-state index contributed by atoms with van der Waals surface area (Å²) in [7, 11) is 0. The molecule has 30 heavy (non-hydrogen) atoms. The van der Waals surface area contributed by atoms with E-state index in [0.29, 0.717) is 28.8 Å². The van der Waals surface area contributed by atoms with Crippen LogP contribution in [0, 0.1) is 11.3 Å². The van der Waals surface area contributed by atoms with Gasteiger partial charge in [-0.3, -0.25) is 4.79 Å². The van der Waals surface area contributed by atoms with Gasteiger partial charge in [0.15, 0.2) is 0 Å². The van der Waals surface area contributed by atoms with Crippen LogP contribution in [0.4, 0.5) is 10.7 Å². The first-order valence-electron chi connectivity index (χ1n) is 10.3. The lowest BCUT2D eigenvalue weighted by Gasteiger charge is -2.33. The second-order valence-electron chi connectivity index (χ2n) is 8.64. The second kappa shape index (κ2) is 9.43. The molecule has 2 aromatic rings. The Hall–Kier alpha value is -1.99. The SMILES string of the molecule is CCOC(=O)c1c(NC(=O)CSc2cccc(N)c2)sc2c1CCC(C(C)(C)C)C2. The van der Waals surface area contributed by atoms with E-state index in [2.05, 4.69) is 26.1 Å². The van der Waals surface area contributed by atoms with Gasteiger partial charge in [-0.15, -0.1) is 23.1 Å². The molecule has 5 nitrogen and oxygen atoms in total. The molecule has 0 bridgehead atoms. The fraction of sp³-hybridized carbons (Fsp3) is 0.478. The Morgan fingerprint density at radius 1 is 1.33 bits per heavy atom. The van der Waals surface area contributed by atoms with Crippen molar-refractivity contribution < 1.29 is 14.3 Å². The highest BCUT2D eigenvalue weighted by molar-refractivity contribution is 8.00. The number of hydrogen-bond donors (Lipinski definition) is 2. The molecule has 1 unspecified atom stereocenters. The lowest BCUT2D eigenvalue weighted by molar-refractivity contribution is -0.113. The van der Waals surface area contributed by atoms with Crippen LogP contribution in [0.3, 0.4) is 0 Å². The van der Waals surface area contributed by atoms with Crippen LogP contribution in [0.25, 0.3) is 0 Å². The van der Waals surface area contributed by atoms with E-state index < -0.39 is 0 Å². The Kier molecular flexibility index (Phi) is 7.14. The van der Waals surface area contributed by atoms with Crippen molar-refractivity contribution in [2.45, 2.75) is 51.9 Å². The van der Waals surface area contributed by atoms with Gasteiger partial charge < -0.3 is 15.8 Å². The van der Waals surface area contributed by atoms with Crippen LogP contribution in [-0.4, -0.2) is 24.2 Å². The van der Waals surface area contributed by atoms with Crippen molar-refractivity contribution in [1.29, 1.82) is 0 Å². The predicted octanol–water partition coefficient (Wildman–Crippen LogP) is 5.39. The quantitative estimate of drug-likeness (QED) is 0.353. The van der Waals surface area contributed by atoms with Crippen molar-refractivity contribution in [3.05, 3.63) is 40.3 Å². The van der Waals surface area contributed by atoms with Crippen molar-refractivity contribution in [2.24, 2.45) is 11.3 Å². The van der Waals surface area contributed by atoms with Gasteiger partial charge in [0.05, 0.1) is 17.9 Å². The van der Waals surface area contributed by atoms with E-state index in [0.717, 1.165) is 29.7 Å². The number of amides is 1. The van der Waals surface area contributed by atoms with Crippen molar-refractivity contribution in [3.8, 4) is 0 Å². The van der Waals surface area contributed by atoms with Gasteiger partial charge in [-0.25, -0.2) is 4.79 Å². The Bertz CT molecular complexity index is 931. The molecule has 0 saturated carbocycles. The van der Waals surface area contributed by atoms with Gasteiger partial charge in [0.1, 0.15) is 5.00 Å². The van der Waals surface area contributed by atoms with Gasteiger partial charge in [0, 0.05) is 15.5 Å². The summed E-state index contributed by atoms with van der Waals surface area (Å²) in [5.41, 5.74) is 8.29. The molecule has 0 radical (unpaired) electrons. The molecule has 7 heteroatoms. The topological polar surface area (TPSA) is 81.4 Å². The normalized spacial score (nSPS) is 16.1. The van der Waals surface area contributed by atoms with Gasteiger partial charge in [0.2, 0.25) is 5.91 Å². The summed E-state index contributed by atoms with van der Waals surface area (Å²) in [4.78, 5) is 27.5. The Morgan fingerprint density at radius 3 is 2.77 bits per heavy atom. The molecule has 1 aliphatic carbocycles.